The summed E-state index contributed by atoms with van der Waals surface area (Å²) in [6.07, 6.45) is 8.00. The molecule has 0 aliphatic heterocycles. The van der Waals surface area contributed by atoms with Crippen molar-refractivity contribution in [2.75, 3.05) is 6.61 Å². The molecule has 2 N–H and O–H groups in total. The Morgan fingerprint density at radius 3 is 2.14 bits per heavy atom. The number of hydrogen-bond acceptors (Lipinski definition) is 2. The van der Waals surface area contributed by atoms with Crippen LogP contribution >= 0.6 is 0 Å². The highest BCUT2D eigenvalue weighted by Crippen LogP contribution is 2.17. The van der Waals surface area contributed by atoms with E-state index in [0.29, 0.717) is 12.6 Å². The molecule has 14 heavy (non-hydrogen) atoms. The van der Waals surface area contributed by atoms with Crippen molar-refractivity contribution in [3.05, 3.63) is 0 Å². The molecular weight excluding hydrogens is 174 g/mol. The number of rotatable bonds is 3. The Kier molecular flexibility index (Phi) is 9.42. The minimum Gasteiger partial charge on any atom is -0.396 e. The van der Waals surface area contributed by atoms with Gasteiger partial charge in [-0.05, 0) is 19.3 Å². The van der Waals surface area contributed by atoms with Crippen molar-refractivity contribution < 1.29 is 6.53 Å². The molecule has 0 atom stereocenters. The molecule has 1 rings (SSSR count). The Morgan fingerprint density at radius 2 is 1.79 bits per heavy atom. The third-order valence-corrected chi connectivity index (χ3v) is 2.40. The van der Waals surface area contributed by atoms with Gasteiger partial charge >= 0.3 is 0 Å². The molecule has 0 bridgehead atoms. The third kappa shape index (κ3) is 8.52. The highest BCUT2D eigenvalue weighted by molar-refractivity contribution is 4.73. The van der Waals surface area contributed by atoms with Gasteiger partial charge in [0.1, 0.15) is 0 Å². The van der Waals surface area contributed by atoms with Crippen molar-refractivity contribution >= 4 is 0 Å². The van der Waals surface area contributed by atoms with E-state index in [0.717, 1.165) is 12.5 Å². The molecule has 0 aromatic heterocycles. The lowest BCUT2D eigenvalue weighted by molar-refractivity contribution is 0.295. The molecule has 0 radical (unpaired) electrons. The molecule has 1 aliphatic carbocycles. The van der Waals surface area contributed by atoms with Crippen molar-refractivity contribution in [3.63, 3.8) is 0 Å². The number of aliphatic hydroxyl groups excluding tert-OH is 1. The van der Waals surface area contributed by atoms with Gasteiger partial charge in [-0.1, -0.05) is 40.0 Å². The predicted molar refractivity (Wildman–Crippen MR) is 64.6 cm³/mol. The first-order valence-electron chi connectivity index (χ1n) is 6.07. The fraction of sp³-hybridized carbons (Fsp3) is 1.00. The Labute approximate surface area is 90.6 Å². The van der Waals surface area contributed by atoms with Crippen LogP contribution in [0.4, 0.5) is 0 Å². The molecule has 1 aliphatic rings. The Hall–Kier alpha value is -0.0800. The molecule has 1 fully saturated rings. The van der Waals surface area contributed by atoms with Crippen molar-refractivity contribution in [1.82, 2.24) is 5.32 Å². The van der Waals surface area contributed by atoms with Gasteiger partial charge in [0.05, 0.1) is 0 Å². The first kappa shape index (κ1) is 13.9. The third-order valence-electron chi connectivity index (χ3n) is 2.40. The Morgan fingerprint density at radius 1 is 1.29 bits per heavy atom. The van der Waals surface area contributed by atoms with E-state index in [1.165, 1.54) is 32.1 Å². The van der Waals surface area contributed by atoms with Crippen LogP contribution in [0.3, 0.4) is 0 Å². The molecule has 0 aromatic rings. The van der Waals surface area contributed by atoms with Crippen LogP contribution in [-0.2, 0) is 0 Å². The van der Waals surface area contributed by atoms with Gasteiger partial charge in [-0.15, -0.1) is 0 Å². The van der Waals surface area contributed by atoms with E-state index in [4.69, 9.17) is 5.11 Å². The lowest BCUT2D eigenvalue weighted by atomic mass is 9.95. The number of nitrogens with one attached hydrogen (secondary N) is 1. The molecule has 0 aromatic carbocycles. The standard InChI is InChI=1S/C9H19N.C3H8O.H2/c1-8(2)10-9-6-4-3-5-7-9;1-2-3-4;/h8-10H,3-7H2,1-2H3;4H,2-3H2,1H3;1H. The molecule has 0 unspecified atom stereocenters. The van der Waals surface area contributed by atoms with Gasteiger partial charge in [-0.3, -0.25) is 0 Å². The first-order valence-corrected chi connectivity index (χ1v) is 6.07. The summed E-state index contributed by atoms with van der Waals surface area (Å²) in [7, 11) is 0. The summed E-state index contributed by atoms with van der Waals surface area (Å²) in [5.74, 6) is 0. The monoisotopic (exact) mass is 203 g/mol. The van der Waals surface area contributed by atoms with E-state index in [1.807, 2.05) is 6.92 Å². The van der Waals surface area contributed by atoms with E-state index in [-0.39, 0.29) is 1.43 Å². The van der Waals surface area contributed by atoms with Crippen LogP contribution in [0, 0.1) is 0 Å². The SMILES string of the molecule is CC(C)NC1CCCCC1.CCCO.[HH]. The topological polar surface area (TPSA) is 32.3 Å². The average molecular weight is 203 g/mol. The summed E-state index contributed by atoms with van der Waals surface area (Å²) >= 11 is 0. The van der Waals surface area contributed by atoms with Crippen LogP contribution in [0.25, 0.3) is 0 Å². The molecule has 1 saturated carbocycles. The maximum atomic E-state index is 7.88. The summed E-state index contributed by atoms with van der Waals surface area (Å²) in [6.45, 7) is 6.71. The highest BCUT2D eigenvalue weighted by atomic mass is 16.2. The fourth-order valence-corrected chi connectivity index (χ4v) is 1.74. The normalized spacial score (nSPS) is 17.8. The maximum Gasteiger partial charge on any atom is 0.0428 e. The van der Waals surface area contributed by atoms with Gasteiger partial charge in [-0.25, -0.2) is 0 Å². The van der Waals surface area contributed by atoms with Gasteiger partial charge in [0.2, 0.25) is 0 Å². The van der Waals surface area contributed by atoms with Gasteiger partial charge in [0.15, 0.2) is 0 Å². The molecule has 2 nitrogen and oxygen atoms in total. The molecule has 2 heteroatoms. The van der Waals surface area contributed by atoms with E-state index in [2.05, 4.69) is 19.2 Å². The summed E-state index contributed by atoms with van der Waals surface area (Å²) in [4.78, 5) is 0. The molecule has 88 valence electrons. The smallest absolute Gasteiger partial charge is 0.0428 e. The number of aliphatic hydroxyl groups is 1. The van der Waals surface area contributed by atoms with Crippen LogP contribution in [-0.4, -0.2) is 23.8 Å². The average Bonchev–Trinajstić information content (AvgIpc) is 2.19. The lowest BCUT2D eigenvalue weighted by Crippen LogP contribution is -2.35. The van der Waals surface area contributed by atoms with Crippen molar-refractivity contribution in [3.8, 4) is 0 Å². The van der Waals surface area contributed by atoms with E-state index in [9.17, 15) is 0 Å². The predicted octanol–water partition coefficient (Wildman–Crippen LogP) is 2.95. The van der Waals surface area contributed by atoms with Gasteiger partial charge in [0, 0.05) is 20.1 Å². The second-order valence-corrected chi connectivity index (χ2v) is 4.38. The molecule has 0 spiro atoms. The minimum atomic E-state index is 0. The van der Waals surface area contributed by atoms with Crippen molar-refractivity contribution in [1.29, 1.82) is 0 Å². The van der Waals surface area contributed by atoms with E-state index >= 15 is 0 Å². The zero-order valence-corrected chi connectivity index (χ0v) is 10.1. The summed E-state index contributed by atoms with van der Waals surface area (Å²) in [6, 6.07) is 1.50. The van der Waals surface area contributed by atoms with Crippen LogP contribution < -0.4 is 5.32 Å². The second kappa shape index (κ2) is 9.47. The maximum absolute atomic E-state index is 7.88. The van der Waals surface area contributed by atoms with Crippen LogP contribution in [0.15, 0.2) is 0 Å². The van der Waals surface area contributed by atoms with Crippen molar-refractivity contribution in [2.24, 2.45) is 0 Å². The van der Waals surface area contributed by atoms with Crippen LogP contribution in [0.2, 0.25) is 0 Å². The summed E-state index contributed by atoms with van der Waals surface area (Å²) in [5.41, 5.74) is 0. The minimum absolute atomic E-state index is 0. The second-order valence-electron chi connectivity index (χ2n) is 4.38. The molecule has 0 heterocycles. The number of hydrogen-bond donors (Lipinski definition) is 2. The van der Waals surface area contributed by atoms with Gasteiger partial charge in [-0.2, -0.15) is 0 Å². The van der Waals surface area contributed by atoms with Crippen LogP contribution in [0.5, 0.6) is 0 Å². The first-order chi connectivity index (χ1) is 6.70. The summed E-state index contributed by atoms with van der Waals surface area (Å²) in [5, 5.41) is 11.5. The fourth-order valence-electron chi connectivity index (χ4n) is 1.74. The largest absolute Gasteiger partial charge is 0.396 e. The van der Waals surface area contributed by atoms with Gasteiger partial charge < -0.3 is 10.4 Å². The highest BCUT2D eigenvalue weighted by Gasteiger charge is 2.12. The Bertz CT molecular complexity index is 112. The van der Waals surface area contributed by atoms with Gasteiger partial charge in [0.25, 0.3) is 0 Å². The molecular formula is C12H29NO. The Balaban J connectivity index is 0. The van der Waals surface area contributed by atoms with E-state index in [1.54, 1.807) is 0 Å². The van der Waals surface area contributed by atoms with Crippen molar-refractivity contribution in [2.45, 2.75) is 71.4 Å². The summed E-state index contributed by atoms with van der Waals surface area (Å²) < 4.78 is 0. The van der Waals surface area contributed by atoms with E-state index < -0.39 is 0 Å². The lowest BCUT2D eigenvalue weighted by Gasteiger charge is -2.24. The quantitative estimate of drug-likeness (QED) is 0.739. The zero-order chi connectivity index (χ0) is 10.8. The molecule has 0 amide bonds. The molecule has 0 saturated heterocycles. The zero-order valence-electron chi connectivity index (χ0n) is 10.1. The van der Waals surface area contributed by atoms with Crippen LogP contribution in [0.1, 0.15) is 60.7 Å².